The Kier molecular flexibility index (Phi) is 14.4. The number of aliphatic carboxylic acids is 2. The van der Waals surface area contributed by atoms with Gasteiger partial charge in [0.05, 0.1) is 0 Å². The molecule has 1 saturated heterocycles. The Bertz CT molecular complexity index is 1590. The van der Waals surface area contributed by atoms with Crippen molar-refractivity contribution in [1.82, 2.24) is 26.4 Å². The number of ether oxygens (including phenoxy) is 2. The number of benzene rings is 2. The van der Waals surface area contributed by atoms with Crippen molar-refractivity contribution in [2.45, 2.75) is 70.1 Å². The van der Waals surface area contributed by atoms with Crippen molar-refractivity contribution in [1.29, 1.82) is 0 Å². The van der Waals surface area contributed by atoms with Crippen LogP contribution in [0, 0.1) is 5.92 Å². The Morgan fingerprint density at radius 2 is 1.41 bits per heavy atom. The van der Waals surface area contributed by atoms with Crippen LogP contribution in [0.1, 0.15) is 37.8 Å². The van der Waals surface area contributed by atoms with Gasteiger partial charge in [-0.05, 0) is 23.5 Å². The van der Waals surface area contributed by atoms with E-state index in [-0.39, 0.29) is 19.4 Å². The summed E-state index contributed by atoms with van der Waals surface area (Å²) in [4.78, 5) is 99.9. The highest BCUT2D eigenvalue weighted by atomic mass is 16.6. The first-order chi connectivity index (χ1) is 24.2. The number of amides is 6. The van der Waals surface area contributed by atoms with Gasteiger partial charge in [0.25, 0.3) is 17.7 Å². The molecule has 6 amide bonds. The van der Waals surface area contributed by atoms with E-state index < -0.39 is 96.8 Å². The van der Waals surface area contributed by atoms with Gasteiger partial charge < -0.3 is 41.4 Å². The fraction of sp³-hybridized carbons (Fsp3) is 0.394. The number of nitrogens with two attached hydrogens (primary N) is 1. The summed E-state index contributed by atoms with van der Waals surface area (Å²) in [6.07, 6.45) is -4.82. The third-order valence-electron chi connectivity index (χ3n) is 7.46. The number of carbonyl (C=O) groups excluding carboxylic acids is 6. The van der Waals surface area contributed by atoms with Gasteiger partial charge in [-0.3, -0.25) is 39.0 Å². The number of alkyl carbamates (subject to hydrolysis) is 1. The highest BCUT2D eigenvalue weighted by molar-refractivity contribution is 5.99. The molecule has 0 radical (unpaired) electrons. The van der Waals surface area contributed by atoms with E-state index in [4.69, 9.17) is 20.3 Å². The summed E-state index contributed by atoms with van der Waals surface area (Å²) in [5.74, 6) is -8.31. The number of carboxylic acid groups (broad SMARTS) is 2. The lowest BCUT2D eigenvalue weighted by Crippen LogP contribution is -2.60. The van der Waals surface area contributed by atoms with Crippen LogP contribution in [-0.4, -0.2) is 99.7 Å². The third-order valence-corrected chi connectivity index (χ3v) is 7.46. The standard InChI is InChI=1S/C33H40N6O12/c1-18(2)25(37-29(45)21(13-14-23(40)41)36-33(49)50-17-20-11-7-4-8-12-20)30(46)38-39(16-24(42)43)32(48)27-26(51-27)31(47)35-22(28(34)44)15-19-9-5-3-6-10-19/h3-12,18,21-22,25-27H,13-17H2,1-2H3,(H2,34,44)(H,35,47)(H,36,49)(H,37,45)(H,38,46)(H,40,41)(H,42,43)/t21?,22?,25?,26-,27-/m1/s1. The molecule has 3 rings (SSSR count). The Hall–Kier alpha value is -6.04. The van der Waals surface area contributed by atoms with Crippen LogP contribution in [0.25, 0.3) is 0 Å². The number of hydrogen-bond donors (Lipinski definition) is 7. The zero-order valence-corrected chi connectivity index (χ0v) is 27.8. The van der Waals surface area contributed by atoms with E-state index >= 15 is 0 Å². The summed E-state index contributed by atoms with van der Waals surface area (Å²) in [6.45, 7) is 1.84. The summed E-state index contributed by atoms with van der Waals surface area (Å²) in [5, 5.41) is 26.1. The SMILES string of the molecule is CC(C)C(NC(=O)C(CCC(=O)O)NC(=O)OCc1ccccc1)C(=O)NN(CC(=O)O)C(=O)[C@@H]1O[C@H]1C(=O)NC(Cc1ccccc1)C(N)=O. The first-order valence-corrected chi connectivity index (χ1v) is 15.8. The van der Waals surface area contributed by atoms with Crippen molar-refractivity contribution >= 4 is 47.6 Å². The van der Waals surface area contributed by atoms with E-state index in [0.29, 0.717) is 16.1 Å². The van der Waals surface area contributed by atoms with Gasteiger partial charge in [0.15, 0.2) is 12.2 Å². The number of hydrogen-bond acceptors (Lipinski definition) is 10. The summed E-state index contributed by atoms with van der Waals surface area (Å²) in [6, 6.07) is 13.2. The molecule has 3 unspecified atom stereocenters. The minimum Gasteiger partial charge on any atom is -0.481 e. The molecule has 1 aliphatic rings. The lowest BCUT2D eigenvalue weighted by molar-refractivity contribution is -0.151. The van der Waals surface area contributed by atoms with Crippen LogP contribution in [0.2, 0.25) is 0 Å². The summed E-state index contributed by atoms with van der Waals surface area (Å²) >= 11 is 0. The molecule has 1 heterocycles. The predicted molar refractivity (Wildman–Crippen MR) is 175 cm³/mol. The normalized spacial score (nSPS) is 16.4. The van der Waals surface area contributed by atoms with Crippen molar-refractivity contribution in [2.24, 2.45) is 11.7 Å². The van der Waals surface area contributed by atoms with E-state index in [1.165, 1.54) is 13.8 Å². The minimum atomic E-state index is -1.54. The molecule has 2 aromatic rings. The van der Waals surface area contributed by atoms with Crippen LogP contribution in [0.4, 0.5) is 4.79 Å². The molecule has 0 bridgehead atoms. The second-order valence-electron chi connectivity index (χ2n) is 11.8. The average molecular weight is 713 g/mol. The Balaban J connectivity index is 1.65. The molecular weight excluding hydrogens is 672 g/mol. The van der Waals surface area contributed by atoms with Gasteiger partial charge in [0.2, 0.25) is 11.8 Å². The molecule has 51 heavy (non-hydrogen) atoms. The molecule has 1 aliphatic heterocycles. The fourth-order valence-corrected chi connectivity index (χ4v) is 4.72. The predicted octanol–water partition coefficient (Wildman–Crippen LogP) is -0.788. The van der Waals surface area contributed by atoms with Crippen molar-refractivity contribution in [3.8, 4) is 0 Å². The largest absolute Gasteiger partial charge is 0.481 e. The monoisotopic (exact) mass is 712 g/mol. The Morgan fingerprint density at radius 1 is 0.804 bits per heavy atom. The number of rotatable bonds is 18. The fourth-order valence-electron chi connectivity index (χ4n) is 4.72. The highest BCUT2D eigenvalue weighted by Crippen LogP contribution is 2.24. The number of epoxide rings is 1. The topological polar surface area (TPSA) is 276 Å². The van der Waals surface area contributed by atoms with Crippen LogP contribution >= 0.6 is 0 Å². The smallest absolute Gasteiger partial charge is 0.408 e. The Morgan fingerprint density at radius 3 is 1.96 bits per heavy atom. The van der Waals surface area contributed by atoms with Gasteiger partial charge in [-0.15, -0.1) is 0 Å². The molecule has 18 heteroatoms. The molecule has 2 aromatic carbocycles. The van der Waals surface area contributed by atoms with Crippen LogP contribution < -0.4 is 27.1 Å². The molecule has 274 valence electrons. The van der Waals surface area contributed by atoms with Crippen molar-refractivity contribution in [3.05, 3.63) is 71.8 Å². The molecule has 8 N–H and O–H groups in total. The second-order valence-corrected chi connectivity index (χ2v) is 11.8. The van der Waals surface area contributed by atoms with Crippen LogP contribution in [0.15, 0.2) is 60.7 Å². The van der Waals surface area contributed by atoms with E-state index in [0.717, 1.165) is 0 Å². The quantitative estimate of drug-likeness (QED) is 0.0740. The molecule has 5 atom stereocenters. The van der Waals surface area contributed by atoms with Crippen molar-refractivity contribution in [3.63, 3.8) is 0 Å². The number of carboxylic acids is 2. The number of nitrogens with one attached hydrogen (secondary N) is 4. The van der Waals surface area contributed by atoms with Crippen LogP contribution in [0.3, 0.4) is 0 Å². The van der Waals surface area contributed by atoms with Crippen molar-refractivity contribution < 1.29 is 58.0 Å². The molecule has 0 aliphatic carbocycles. The number of primary amides is 1. The molecule has 1 fully saturated rings. The summed E-state index contributed by atoms with van der Waals surface area (Å²) in [5.41, 5.74) is 8.91. The molecule has 0 spiro atoms. The number of carbonyl (C=O) groups is 8. The third kappa shape index (κ3) is 12.7. The number of nitrogens with zero attached hydrogens (tertiary/aromatic N) is 1. The van der Waals surface area contributed by atoms with Gasteiger partial charge in [-0.25, -0.2) is 9.80 Å². The van der Waals surface area contributed by atoms with E-state index in [2.05, 4.69) is 21.4 Å². The maximum atomic E-state index is 13.3. The minimum absolute atomic E-state index is 0.0539. The zero-order valence-electron chi connectivity index (χ0n) is 27.8. The summed E-state index contributed by atoms with van der Waals surface area (Å²) < 4.78 is 10.3. The number of hydrazine groups is 1. The molecule has 0 saturated carbocycles. The van der Waals surface area contributed by atoms with Crippen molar-refractivity contribution in [2.75, 3.05) is 6.54 Å². The lowest BCUT2D eigenvalue weighted by atomic mass is 10.0. The maximum Gasteiger partial charge on any atom is 0.408 e. The lowest BCUT2D eigenvalue weighted by Gasteiger charge is -2.28. The summed E-state index contributed by atoms with van der Waals surface area (Å²) in [7, 11) is 0. The molecule has 0 aromatic heterocycles. The average Bonchev–Trinajstić information content (AvgIpc) is 3.89. The molecule has 18 nitrogen and oxygen atoms in total. The van der Waals surface area contributed by atoms with E-state index in [9.17, 15) is 43.5 Å². The van der Waals surface area contributed by atoms with Crippen LogP contribution in [-0.2, 0) is 56.1 Å². The maximum absolute atomic E-state index is 13.3. The highest BCUT2D eigenvalue weighted by Gasteiger charge is 2.53. The van der Waals surface area contributed by atoms with Gasteiger partial charge in [-0.1, -0.05) is 74.5 Å². The first-order valence-electron chi connectivity index (χ1n) is 15.8. The van der Waals surface area contributed by atoms with E-state index in [1.54, 1.807) is 60.7 Å². The molecular formula is C33H40N6O12. The Labute approximate surface area is 292 Å². The second kappa shape index (κ2) is 18.6. The first kappa shape index (κ1) is 39.4. The van der Waals surface area contributed by atoms with Crippen LogP contribution in [0.5, 0.6) is 0 Å². The van der Waals surface area contributed by atoms with Gasteiger partial charge in [0.1, 0.15) is 31.3 Å². The zero-order chi connectivity index (χ0) is 37.7. The van der Waals surface area contributed by atoms with Gasteiger partial charge in [0, 0.05) is 12.8 Å². The van der Waals surface area contributed by atoms with E-state index in [1.807, 2.05) is 0 Å². The van der Waals surface area contributed by atoms with Gasteiger partial charge >= 0.3 is 18.0 Å². The van der Waals surface area contributed by atoms with Gasteiger partial charge in [-0.2, -0.15) is 0 Å².